The molecule has 0 radical (unpaired) electrons. The lowest BCUT2D eigenvalue weighted by Gasteiger charge is -2.29. The maximum atomic E-state index is 12.6. The Morgan fingerprint density at radius 3 is 2.42 bits per heavy atom. The van der Waals surface area contributed by atoms with E-state index in [1.807, 2.05) is 61.5 Å². The fraction of sp³-hybridized carbons (Fsp3) is 0.350. The number of hydrogen-bond donors (Lipinski definition) is 1. The number of amides is 1. The van der Waals surface area contributed by atoms with Gasteiger partial charge in [0.05, 0.1) is 6.61 Å². The lowest BCUT2D eigenvalue weighted by molar-refractivity contribution is -0.135. The van der Waals surface area contributed by atoms with E-state index >= 15 is 0 Å². The Morgan fingerprint density at radius 2 is 1.75 bits per heavy atom. The minimum Gasteiger partial charge on any atom is -0.493 e. The molecular formula is C20H26N2O2. The van der Waals surface area contributed by atoms with E-state index in [2.05, 4.69) is 0 Å². The highest BCUT2D eigenvalue weighted by Gasteiger charge is 2.32. The fourth-order valence-electron chi connectivity index (χ4n) is 2.61. The van der Waals surface area contributed by atoms with Crippen LogP contribution in [0.5, 0.6) is 5.75 Å². The number of carbonyl (C=O) groups excluding carboxylic acids is 1. The smallest absolute Gasteiger partial charge is 0.246 e. The lowest BCUT2D eigenvalue weighted by Crippen LogP contribution is -2.50. The van der Waals surface area contributed by atoms with E-state index < -0.39 is 5.54 Å². The summed E-state index contributed by atoms with van der Waals surface area (Å²) in [4.78, 5) is 14.3. The summed E-state index contributed by atoms with van der Waals surface area (Å²) in [5.41, 5.74) is 7.18. The maximum Gasteiger partial charge on any atom is 0.246 e. The molecular weight excluding hydrogens is 300 g/mol. The van der Waals surface area contributed by atoms with Crippen molar-refractivity contribution in [2.24, 2.45) is 5.73 Å². The van der Waals surface area contributed by atoms with E-state index in [4.69, 9.17) is 10.5 Å². The average Bonchev–Trinajstić information content (AvgIpc) is 2.60. The summed E-state index contributed by atoms with van der Waals surface area (Å²) >= 11 is 0. The Kier molecular flexibility index (Phi) is 5.99. The van der Waals surface area contributed by atoms with Crippen molar-refractivity contribution in [3.05, 3.63) is 65.7 Å². The van der Waals surface area contributed by atoms with E-state index in [-0.39, 0.29) is 5.91 Å². The largest absolute Gasteiger partial charge is 0.493 e. The van der Waals surface area contributed by atoms with Crippen LogP contribution in [0.15, 0.2) is 54.6 Å². The first-order chi connectivity index (χ1) is 11.4. The van der Waals surface area contributed by atoms with Crippen LogP contribution in [0.2, 0.25) is 0 Å². The number of likely N-dealkylation sites (N-methyl/N-ethyl adjacent to an activating group) is 1. The molecule has 4 nitrogen and oxygen atoms in total. The third-order valence-corrected chi connectivity index (χ3v) is 4.15. The molecule has 128 valence electrons. The molecule has 0 heterocycles. The Bertz CT molecular complexity index is 668. The van der Waals surface area contributed by atoms with Crippen molar-refractivity contribution < 1.29 is 9.53 Å². The zero-order valence-electron chi connectivity index (χ0n) is 14.7. The van der Waals surface area contributed by atoms with Crippen LogP contribution in [-0.4, -0.2) is 31.0 Å². The summed E-state index contributed by atoms with van der Waals surface area (Å²) in [7, 11) is 1.78. The van der Waals surface area contributed by atoms with Crippen LogP contribution in [0.1, 0.15) is 24.5 Å². The molecule has 0 saturated carbocycles. The van der Waals surface area contributed by atoms with Gasteiger partial charge >= 0.3 is 0 Å². The molecule has 2 N–H and O–H groups in total. The zero-order valence-corrected chi connectivity index (χ0v) is 14.7. The van der Waals surface area contributed by atoms with Crippen LogP contribution in [0.25, 0.3) is 0 Å². The summed E-state index contributed by atoms with van der Waals surface area (Å²) < 4.78 is 5.77. The highest BCUT2D eigenvalue weighted by molar-refractivity contribution is 5.86. The number of nitrogens with two attached hydrogens (primary N) is 1. The van der Waals surface area contributed by atoms with Crippen LogP contribution >= 0.6 is 0 Å². The van der Waals surface area contributed by atoms with E-state index in [1.54, 1.807) is 18.9 Å². The van der Waals surface area contributed by atoms with Crippen molar-refractivity contribution in [1.82, 2.24) is 4.90 Å². The molecule has 0 fully saturated rings. The topological polar surface area (TPSA) is 55.6 Å². The molecule has 4 heteroatoms. The number of rotatable bonds is 7. The molecule has 0 aliphatic heterocycles. The molecule has 1 atom stereocenters. The summed E-state index contributed by atoms with van der Waals surface area (Å²) in [5, 5.41) is 0. The number of benzene rings is 2. The van der Waals surface area contributed by atoms with Crippen molar-refractivity contribution in [3.8, 4) is 5.75 Å². The predicted molar refractivity (Wildman–Crippen MR) is 96.9 cm³/mol. The summed E-state index contributed by atoms with van der Waals surface area (Å²) in [5.74, 6) is 0.795. The molecule has 1 amide bonds. The lowest BCUT2D eigenvalue weighted by atomic mass is 9.92. The molecule has 2 aromatic rings. The van der Waals surface area contributed by atoms with Gasteiger partial charge in [-0.3, -0.25) is 4.79 Å². The highest BCUT2D eigenvalue weighted by atomic mass is 16.5. The normalized spacial score (nSPS) is 13.2. The number of nitrogens with zero attached hydrogens (tertiary/aromatic N) is 1. The number of aryl methyl sites for hydroxylation is 1. The monoisotopic (exact) mass is 326 g/mol. The Balaban J connectivity index is 1.85. The number of para-hydroxylation sites is 1. The fourth-order valence-corrected chi connectivity index (χ4v) is 2.61. The van der Waals surface area contributed by atoms with Crippen molar-refractivity contribution in [3.63, 3.8) is 0 Å². The molecule has 0 aliphatic rings. The van der Waals surface area contributed by atoms with Gasteiger partial charge in [0.25, 0.3) is 0 Å². The molecule has 0 bridgehead atoms. The maximum absolute atomic E-state index is 12.6. The van der Waals surface area contributed by atoms with Gasteiger partial charge in [-0.15, -0.1) is 0 Å². The van der Waals surface area contributed by atoms with E-state index in [9.17, 15) is 4.79 Å². The van der Waals surface area contributed by atoms with E-state index in [1.165, 1.54) is 0 Å². The third kappa shape index (κ3) is 4.36. The van der Waals surface area contributed by atoms with Gasteiger partial charge in [-0.25, -0.2) is 0 Å². The van der Waals surface area contributed by atoms with Crippen LogP contribution in [-0.2, 0) is 10.3 Å². The van der Waals surface area contributed by atoms with Gasteiger partial charge in [0.2, 0.25) is 5.91 Å². The van der Waals surface area contributed by atoms with Crippen molar-refractivity contribution in [2.75, 3.05) is 20.2 Å². The van der Waals surface area contributed by atoms with Gasteiger partial charge in [-0.2, -0.15) is 0 Å². The summed E-state index contributed by atoms with van der Waals surface area (Å²) in [6.45, 7) is 4.94. The summed E-state index contributed by atoms with van der Waals surface area (Å²) in [6.07, 6.45) is 0.751. The van der Waals surface area contributed by atoms with Crippen molar-refractivity contribution >= 4 is 5.91 Å². The second kappa shape index (κ2) is 7.97. The quantitative estimate of drug-likeness (QED) is 0.796. The van der Waals surface area contributed by atoms with Gasteiger partial charge < -0.3 is 15.4 Å². The van der Waals surface area contributed by atoms with Crippen molar-refractivity contribution in [2.45, 2.75) is 25.8 Å². The second-order valence-corrected chi connectivity index (χ2v) is 6.26. The molecule has 2 aromatic carbocycles. The van der Waals surface area contributed by atoms with Gasteiger partial charge in [0.15, 0.2) is 0 Å². The number of ether oxygens (including phenoxy) is 1. The first-order valence-electron chi connectivity index (χ1n) is 8.21. The molecule has 1 unspecified atom stereocenters. The Hall–Kier alpha value is -2.33. The first kappa shape index (κ1) is 18.0. The molecule has 0 spiro atoms. The number of carbonyl (C=O) groups is 1. The van der Waals surface area contributed by atoms with Gasteiger partial charge in [-0.1, -0.05) is 48.5 Å². The summed E-state index contributed by atoms with van der Waals surface area (Å²) in [6, 6.07) is 17.4. The minimum atomic E-state index is -1.02. The van der Waals surface area contributed by atoms with Crippen LogP contribution in [0.4, 0.5) is 0 Å². The van der Waals surface area contributed by atoms with Crippen LogP contribution < -0.4 is 10.5 Å². The zero-order chi connectivity index (χ0) is 17.6. The van der Waals surface area contributed by atoms with Crippen LogP contribution in [0, 0.1) is 6.92 Å². The minimum absolute atomic E-state index is 0.0930. The third-order valence-electron chi connectivity index (χ3n) is 4.15. The number of hydrogen-bond acceptors (Lipinski definition) is 3. The van der Waals surface area contributed by atoms with Gasteiger partial charge in [0, 0.05) is 13.6 Å². The van der Waals surface area contributed by atoms with Gasteiger partial charge in [0.1, 0.15) is 11.3 Å². The molecule has 24 heavy (non-hydrogen) atoms. The second-order valence-electron chi connectivity index (χ2n) is 6.26. The molecule has 0 aromatic heterocycles. The average molecular weight is 326 g/mol. The SMILES string of the molecule is Cc1ccccc1OCCCN(C)C(=O)C(C)(N)c1ccccc1. The van der Waals surface area contributed by atoms with E-state index in [0.29, 0.717) is 13.2 Å². The van der Waals surface area contributed by atoms with Crippen molar-refractivity contribution in [1.29, 1.82) is 0 Å². The molecule has 0 saturated heterocycles. The Morgan fingerprint density at radius 1 is 1.12 bits per heavy atom. The first-order valence-corrected chi connectivity index (χ1v) is 8.21. The molecule has 2 rings (SSSR count). The predicted octanol–water partition coefficient (Wildman–Crippen LogP) is 3.10. The van der Waals surface area contributed by atoms with Gasteiger partial charge in [-0.05, 0) is 37.5 Å². The molecule has 0 aliphatic carbocycles. The highest BCUT2D eigenvalue weighted by Crippen LogP contribution is 2.20. The van der Waals surface area contributed by atoms with Crippen LogP contribution in [0.3, 0.4) is 0 Å². The Labute approximate surface area is 144 Å². The standard InChI is InChI=1S/C20H26N2O2/c1-16-10-7-8-13-18(16)24-15-9-14-22(3)19(23)20(2,21)17-11-5-4-6-12-17/h4-8,10-13H,9,14-15,21H2,1-3H3. The van der Waals surface area contributed by atoms with E-state index in [0.717, 1.165) is 23.3 Å².